The topological polar surface area (TPSA) is 76.6 Å². The largest absolute Gasteiger partial charge is 0.744 e. The second-order valence-corrected chi connectivity index (χ2v) is 14.1. The summed E-state index contributed by atoms with van der Waals surface area (Å²) < 4.78 is 47.1. The van der Waals surface area contributed by atoms with Crippen molar-refractivity contribution in [1.82, 2.24) is 4.58 Å². The van der Waals surface area contributed by atoms with Crippen LogP contribution in [0.3, 0.4) is 0 Å². The molecule has 0 aliphatic carbocycles. The highest BCUT2D eigenvalue weighted by molar-refractivity contribution is 7.85. The Labute approximate surface area is 272 Å². The van der Waals surface area contributed by atoms with Gasteiger partial charge in [-0.1, -0.05) is 48.5 Å². The molecule has 0 spiro atoms. The summed E-state index contributed by atoms with van der Waals surface area (Å²) in [6, 6.07) is 33.6. The van der Waals surface area contributed by atoms with Gasteiger partial charge in [-0.05, 0) is 77.9 Å². The van der Waals surface area contributed by atoms with Gasteiger partial charge in [0.05, 0.1) is 4.90 Å². The third-order valence-corrected chi connectivity index (χ3v) is 11.0. The minimum absolute atomic E-state index is 0.231. The molecule has 47 heavy (non-hydrogen) atoms. The van der Waals surface area contributed by atoms with E-state index in [4.69, 9.17) is 4.42 Å². The van der Waals surface area contributed by atoms with Crippen molar-refractivity contribution in [2.75, 3.05) is 25.0 Å². The van der Waals surface area contributed by atoms with Crippen LogP contribution in [-0.4, -0.2) is 33.1 Å². The minimum Gasteiger partial charge on any atom is -0.744 e. The Hall–Kier alpha value is -4.98. The number of rotatable bonds is 3. The molecule has 2 aliphatic heterocycles. The first-order valence-corrected chi connectivity index (χ1v) is 17.6. The van der Waals surface area contributed by atoms with Crippen LogP contribution >= 0.6 is 0 Å². The normalized spacial score (nSPS) is 15.4. The number of nitrogens with zero attached hydrogens (tertiary/aromatic N) is 2. The predicted molar refractivity (Wildman–Crippen MR) is 188 cm³/mol. The van der Waals surface area contributed by atoms with E-state index in [-0.39, 0.29) is 4.90 Å². The monoisotopic (exact) mass is 636 g/mol. The molecular formula is C40H32N2O4S. The second kappa shape index (κ2) is 10.5. The van der Waals surface area contributed by atoms with Crippen LogP contribution in [0.2, 0.25) is 0 Å². The van der Waals surface area contributed by atoms with Crippen LogP contribution in [0.1, 0.15) is 24.0 Å². The lowest BCUT2D eigenvalue weighted by molar-refractivity contribution is 0.463. The van der Waals surface area contributed by atoms with Crippen molar-refractivity contribution < 1.29 is 17.4 Å². The average Bonchev–Trinajstić information content (AvgIpc) is 3.10. The van der Waals surface area contributed by atoms with Crippen molar-refractivity contribution in [2.45, 2.75) is 30.6 Å². The zero-order chi connectivity index (χ0) is 31.9. The highest BCUT2D eigenvalue weighted by atomic mass is 32.2. The Morgan fingerprint density at radius 3 is 2.21 bits per heavy atom. The van der Waals surface area contributed by atoms with E-state index < -0.39 is 10.1 Å². The maximum absolute atomic E-state index is 12.6. The molecule has 0 bridgehead atoms. The second-order valence-electron chi connectivity index (χ2n) is 12.8. The van der Waals surface area contributed by atoms with Crippen molar-refractivity contribution in [3.8, 4) is 11.1 Å². The molecule has 7 heteroatoms. The summed E-state index contributed by atoms with van der Waals surface area (Å²) >= 11 is 0. The Morgan fingerprint density at radius 1 is 0.723 bits per heavy atom. The van der Waals surface area contributed by atoms with Gasteiger partial charge in [-0.2, -0.15) is 4.58 Å². The first-order chi connectivity index (χ1) is 22.9. The van der Waals surface area contributed by atoms with E-state index in [0.717, 1.165) is 76.7 Å². The molecule has 0 saturated heterocycles. The fourth-order valence-corrected chi connectivity index (χ4v) is 8.67. The molecule has 232 valence electrons. The summed E-state index contributed by atoms with van der Waals surface area (Å²) in [6.07, 6.45) is 4.26. The number of benzene rings is 6. The predicted octanol–water partition coefficient (Wildman–Crippen LogP) is 7.90. The number of fused-ring (bicyclic) bond motifs is 7. The van der Waals surface area contributed by atoms with Gasteiger partial charge < -0.3 is 13.9 Å². The first-order valence-electron chi connectivity index (χ1n) is 16.2. The van der Waals surface area contributed by atoms with Gasteiger partial charge in [-0.15, -0.1) is 0 Å². The van der Waals surface area contributed by atoms with Gasteiger partial charge in [0.1, 0.15) is 28.3 Å². The zero-order valence-corrected chi connectivity index (χ0v) is 26.8. The molecule has 9 rings (SSSR count). The summed E-state index contributed by atoms with van der Waals surface area (Å²) in [4.78, 5) is 2.31. The number of hydrogen-bond donors (Lipinski definition) is 0. The fraction of sp³-hybridized carbons (Fsp3) is 0.175. The third kappa shape index (κ3) is 4.41. The van der Waals surface area contributed by atoms with Crippen molar-refractivity contribution in [3.63, 3.8) is 0 Å². The lowest BCUT2D eigenvalue weighted by atomic mass is 9.86. The summed E-state index contributed by atoms with van der Waals surface area (Å²) in [7, 11) is -2.71. The maximum Gasteiger partial charge on any atom is 0.206 e. The lowest BCUT2D eigenvalue weighted by Crippen LogP contribution is -2.34. The number of aryl methyl sites for hydroxylation is 2. The van der Waals surface area contributed by atoms with Crippen LogP contribution in [0.5, 0.6) is 0 Å². The third-order valence-electron chi connectivity index (χ3n) is 10.1. The van der Waals surface area contributed by atoms with E-state index in [1.54, 1.807) is 18.2 Å². The van der Waals surface area contributed by atoms with Crippen molar-refractivity contribution in [1.29, 1.82) is 0 Å². The summed E-state index contributed by atoms with van der Waals surface area (Å²) in [5, 5.41) is 6.71. The number of para-hydroxylation sites is 1. The number of anilines is 1. The molecule has 0 atom stereocenters. The van der Waals surface area contributed by atoms with Crippen molar-refractivity contribution in [2.24, 2.45) is 0 Å². The SMILES string of the molecule is C[N+](c1ccccc1)=c1ccc2c(ccc3c(-c4ccccc4S(=O)(=O)[O-])c4ccc5c6c7c(cc5c4oc32)CCCN7CCC6)c1. The van der Waals surface area contributed by atoms with E-state index in [9.17, 15) is 13.0 Å². The maximum atomic E-state index is 12.6. The first kappa shape index (κ1) is 28.3. The molecule has 6 nitrogen and oxygen atoms in total. The highest BCUT2D eigenvalue weighted by Gasteiger charge is 2.27. The molecule has 0 unspecified atom stereocenters. The van der Waals surface area contributed by atoms with E-state index in [1.165, 1.54) is 28.3 Å². The smallest absolute Gasteiger partial charge is 0.206 e. The Balaban J connectivity index is 1.43. The minimum atomic E-state index is -4.76. The number of hydrogen-bond acceptors (Lipinski definition) is 5. The quantitative estimate of drug-likeness (QED) is 0.0853. The van der Waals surface area contributed by atoms with Crippen molar-refractivity contribution in [3.05, 3.63) is 120 Å². The molecule has 6 aromatic carbocycles. The van der Waals surface area contributed by atoms with Crippen LogP contribution in [-0.2, 0) is 23.0 Å². The lowest BCUT2D eigenvalue weighted by Gasteiger charge is -2.37. The van der Waals surface area contributed by atoms with Gasteiger partial charge in [0.2, 0.25) is 11.0 Å². The van der Waals surface area contributed by atoms with Gasteiger partial charge in [-0.25, -0.2) is 8.42 Å². The summed E-state index contributed by atoms with van der Waals surface area (Å²) in [5.41, 5.74) is 7.64. The van der Waals surface area contributed by atoms with E-state index in [0.29, 0.717) is 22.3 Å². The molecule has 0 N–H and O–H groups in total. The van der Waals surface area contributed by atoms with Gasteiger partial charge in [0, 0.05) is 75.7 Å². The van der Waals surface area contributed by atoms with E-state index in [2.05, 4.69) is 64.1 Å². The molecule has 0 radical (unpaired) electrons. The summed E-state index contributed by atoms with van der Waals surface area (Å²) in [5.74, 6) is 0. The Morgan fingerprint density at radius 2 is 1.40 bits per heavy atom. The fourth-order valence-electron chi connectivity index (χ4n) is 7.99. The van der Waals surface area contributed by atoms with E-state index in [1.807, 2.05) is 31.3 Å². The average molecular weight is 637 g/mol. The van der Waals surface area contributed by atoms with Crippen LogP contribution < -0.4 is 14.8 Å². The van der Waals surface area contributed by atoms with Gasteiger partial charge >= 0.3 is 0 Å². The van der Waals surface area contributed by atoms with Gasteiger partial charge in [-0.3, -0.25) is 0 Å². The molecule has 0 saturated carbocycles. The summed E-state index contributed by atoms with van der Waals surface area (Å²) in [6.45, 7) is 2.18. The molecule has 0 amide bonds. The van der Waals surface area contributed by atoms with Crippen molar-refractivity contribution >= 4 is 65.0 Å². The molecule has 2 aliphatic rings. The standard InChI is InChI=1S/C40H32N2O4S/c1-41(27-10-3-2-4-11-27)28-16-18-29-25(23-28)15-17-33-37(32-12-5-6-14-36(32)47(43,44)45)34-20-19-30-31-13-8-22-42-21-7-9-26(38(31)42)24-35(30)40(34)46-39(29)33/h2-6,10-12,14-20,23-24H,7-9,13,21-22H2,1H3. The molecule has 1 aromatic heterocycles. The van der Waals surface area contributed by atoms with Crippen LogP contribution in [0.4, 0.5) is 11.4 Å². The van der Waals surface area contributed by atoms with Gasteiger partial charge in [0.25, 0.3) is 0 Å². The Bertz CT molecular complexity index is 2620. The van der Waals surface area contributed by atoms with Crippen LogP contribution in [0, 0.1) is 0 Å². The molecule has 0 fully saturated rings. The molecular weight excluding hydrogens is 605 g/mol. The Kier molecular flexibility index (Phi) is 6.33. The molecule has 7 aromatic rings. The van der Waals surface area contributed by atoms with Crippen LogP contribution in [0.15, 0.2) is 112 Å². The van der Waals surface area contributed by atoms with E-state index >= 15 is 0 Å². The van der Waals surface area contributed by atoms with Gasteiger partial charge in [0.15, 0.2) is 0 Å². The van der Waals surface area contributed by atoms with Crippen LogP contribution in [0.25, 0.3) is 54.6 Å². The highest BCUT2D eigenvalue weighted by Crippen LogP contribution is 2.46. The zero-order valence-electron chi connectivity index (χ0n) is 26.0. The molecule has 3 heterocycles.